The smallest absolute Gasteiger partial charge is 0.146 e. The van der Waals surface area contributed by atoms with E-state index in [1.165, 1.54) is 11.1 Å². The molecule has 2 nitrogen and oxygen atoms in total. The number of hydrogen-bond donors (Lipinski definition) is 1. The van der Waals surface area contributed by atoms with Crippen LogP contribution >= 0.6 is 0 Å². The molecule has 15 heavy (non-hydrogen) atoms. The fourth-order valence-electron chi connectivity index (χ4n) is 1.98. The molecule has 82 valence electrons. The predicted octanol–water partition coefficient (Wildman–Crippen LogP) is 3.28. The molecule has 0 radical (unpaired) electrons. The van der Waals surface area contributed by atoms with E-state index in [0.29, 0.717) is 0 Å². The summed E-state index contributed by atoms with van der Waals surface area (Å²) in [4.78, 5) is 0. The zero-order valence-corrected chi connectivity index (χ0v) is 9.98. The molecule has 1 aliphatic rings. The Labute approximate surface area is 91.6 Å². The van der Waals surface area contributed by atoms with Crippen molar-refractivity contribution in [3.8, 4) is 5.75 Å². The molecule has 0 saturated heterocycles. The Morgan fingerprint density at radius 3 is 2.80 bits per heavy atom. The van der Waals surface area contributed by atoms with E-state index < -0.39 is 0 Å². The number of anilines is 1. The topological polar surface area (TPSA) is 21.3 Å². The van der Waals surface area contributed by atoms with Gasteiger partial charge >= 0.3 is 0 Å². The molecule has 0 aromatic heterocycles. The van der Waals surface area contributed by atoms with Gasteiger partial charge in [0.25, 0.3) is 0 Å². The van der Waals surface area contributed by atoms with Crippen molar-refractivity contribution in [3.63, 3.8) is 0 Å². The minimum Gasteiger partial charge on any atom is -0.483 e. The normalized spacial score (nSPS) is 24.0. The molecule has 1 aliphatic heterocycles. The first-order valence-electron chi connectivity index (χ1n) is 5.58. The van der Waals surface area contributed by atoms with Crippen molar-refractivity contribution < 1.29 is 4.74 Å². The van der Waals surface area contributed by atoms with Crippen molar-refractivity contribution in [2.75, 3.05) is 11.9 Å². The highest BCUT2D eigenvalue weighted by atomic mass is 16.5. The summed E-state index contributed by atoms with van der Waals surface area (Å²) in [6, 6.07) is 4.32. The average molecular weight is 205 g/mol. The largest absolute Gasteiger partial charge is 0.483 e. The monoisotopic (exact) mass is 205 g/mol. The Hall–Kier alpha value is -1.18. The van der Waals surface area contributed by atoms with E-state index in [4.69, 9.17) is 4.74 Å². The van der Waals surface area contributed by atoms with Gasteiger partial charge in [-0.05, 0) is 44.4 Å². The van der Waals surface area contributed by atoms with Gasteiger partial charge < -0.3 is 10.1 Å². The quantitative estimate of drug-likeness (QED) is 0.759. The van der Waals surface area contributed by atoms with Crippen LogP contribution in [0, 0.1) is 13.8 Å². The van der Waals surface area contributed by atoms with Crippen molar-refractivity contribution in [1.29, 1.82) is 0 Å². The van der Waals surface area contributed by atoms with Gasteiger partial charge in [0.15, 0.2) is 0 Å². The maximum atomic E-state index is 6.09. The van der Waals surface area contributed by atoms with Crippen LogP contribution in [-0.4, -0.2) is 12.1 Å². The minimum absolute atomic E-state index is 0.0625. The Bertz CT molecular complexity index is 386. The highest BCUT2D eigenvalue weighted by molar-refractivity contribution is 5.63. The van der Waals surface area contributed by atoms with E-state index in [9.17, 15) is 0 Å². The van der Waals surface area contributed by atoms with Crippen molar-refractivity contribution >= 4 is 5.69 Å². The van der Waals surface area contributed by atoms with E-state index in [1.807, 2.05) is 0 Å². The lowest BCUT2D eigenvalue weighted by Gasteiger charge is -2.36. The van der Waals surface area contributed by atoms with E-state index >= 15 is 0 Å². The zero-order valence-electron chi connectivity index (χ0n) is 9.98. The van der Waals surface area contributed by atoms with Crippen LogP contribution in [0.5, 0.6) is 5.75 Å². The molecule has 1 aromatic carbocycles. The first-order chi connectivity index (χ1) is 7.04. The fourth-order valence-corrected chi connectivity index (χ4v) is 1.98. The molecular formula is C13H19NO. The Kier molecular flexibility index (Phi) is 2.37. The fraction of sp³-hybridized carbons (Fsp3) is 0.538. The lowest BCUT2D eigenvalue weighted by Crippen LogP contribution is -2.42. The van der Waals surface area contributed by atoms with Crippen LogP contribution in [-0.2, 0) is 0 Å². The molecule has 0 fully saturated rings. The van der Waals surface area contributed by atoms with Gasteiger partial charge in [-0.2, -0.15) is 0 Å². The number of benzene rings is 1. The van der Waals surface area contributed by atoms with Gasteiger partial charge in [0.05, 0.1) is 12.2 Å². The number of ether oxygens (including phenoxy) is 1. The molecular weight excluding hydrogens is 186 g/mol. The van der Waals surface area contributed by atoms with E-state index in [1.54, 1.807) is 0 Å². The third-order valence-corrected chi connectivity index (χ3v) is 3.17. The number of fused-ring (bicyclic) bond motifs is 1. The van der Waals surface area contributed by atoms with Crippen LogP contribution in [0.25, 0.3) is 0 Å². The summed E-state index contributed by atoms with van der Waals surface area (Å²) in [6.07, 6.45) is 1.02. The van der Waals surface area contributed by atoms with Gasteiger partial charge in [-0.3, -0.25) is 0 Å². The minimum atomic E-state index is -0.0625. The van der Waals surface area contributed by atoms with Crippen LogP contribution in [0.1, 0.15) is 31.4 Å². The Morgan fingerprint density at radius 2 is 2.13 bits per heavy atom. The third kappa shape index (κ3) is 1.81. The Morgan fingerprint density at radius 1 is 1.40 bits per heavy atom. The van der Waals surface area contributed by atoms with Gasteiger partial charge in [-0.15, -0.1) is 0 Å². The molecule has 1 unspecified atom stereocenters. The van der Waals surface area contributed by atoms with Gasteiger partial charge in [0.1, 0.15) is 11.4 Å². The van der Waals surface area contributed by atoms with E-state index in [2.05, 4.69) is 45.1 Å². The van der Waals surface area contributed by atoms with Crippen LogP contribution < -0.4 is 10.1 Å². The second-order valence-corrected chi connectivity index (χ2v) is 4.72. The summed E-state index contributed by atoms with van der Waals surface area (Å²) in [7, 11) is 0. The second-order valence-electron chi connectivity index (χ2n) is 4.72. The lowest BCUT2D eigenvalue weighted by atomic mass is 9.99. The van der Waals surface area contributed by atoms with Crippen molar-refractivity contribution in [2.45, 2.75) is 39.7 Å². The molecule has 2 heteroatoms. The molecule has 2 rings (SSSR count). The van der Waals surface area contributed by atoms with Gasteiger partial charge in [0.2, 0.25) is 0 Å². The third-order valence-electron chi connectivity index (χ3n) is 3.17. The molecule has 1 heterocycles. The molecule has 1 atom stereocenters. The van der Waals surface area contributed by atoms with Crippen molar-refractivity contribution in [1.82, 2.24) is 0 Å². The zero-order chi connectivity index (χ0) is 11.1. The summed E-state index contributed by atoms with van der Waals surface area (Å²) >= 11 is 0. The summed E-state index contributed by atoms with van der Waals surface area (Å²) in [5, 5.41) is 3.46. The van der Waals surface area contributed by atoms with E-state index in [0.717, 1.165) is 24.4 Å². The van der Waals surface area contributed by atoms with Gasteiger partial charge in [0, 0.05) is 0 Å². The summed E-state index contributed by atoms with van der Waals surface area (Å²) in [6.45, 7) is 9.43. The molecule has 0 bridgehead atoms. The maximum Gasteiger partial charge on any atom is 0.146 e. The van der Waals surface area contributed by atoms with Crippen LogP contribution in [0.2, 0.25) is 0 Å². The molecule has 1 N–H and O–H groups in total. The predicted molar refractivity (Wildman–Crippen MR) is 63.7 cm³/mol. The van der Waals surface area contributed by atoms with E-state index in [-0.39, 0.29) is 5.60 Å². The van der Waals surface area contributed by atoms with Crippen molar-refractivity contribution in [3.05, 3.63) is 23.3 Å². The highest BCUT2D eigenvalue weighted by Gasteiger charge is 2.30. The second kappa shape index (κ2) is 3.44. The summed E-state index contributed by atoms with van der Waals surface area (Å²) in [5.74, 6) is 1.02. The summed E-state index contributed by atoms with van der Waals surface area (Å²) < 4.78 is 6.09. The number of aryl methyl sites for hydroxylation is 2. The van der Waals surface area contributed by atoms with Crippen molar-refractivity contribution in [2.24, 2.45) is 0 Å². The Balaban J connectivity index is 2.42. The van der Waals surface area contributed by atoms with Gasteiger partial charge in [-0.25, -0.2) is 0 Å². The first kappa shape index (κ1) is 10.3. The lowest BCUT2D eigenvalue weighted by molar-refractivity contribution is 0.0902. The van der Waals surface area contributed by atoms with Crippen LogP contribution in [0.4, 0.5) is 5.69 Å². The molecule has 0 amide bonds. The maximum absolute atomic E-state index is 6.09. The molecule has 0 spiro atoms. The highest BCUT2D eigenvalue weighted by Crippen LogP contribution is 2.37. The molecule has 0 saturated carbocycles. The number of hydrogen-bond acceptors (Lipinski definition) is 2. The molecule has 1 aromatic rings. The average Bonchev–Trinajstić information content (AvgIpc) is 2.20. The first-order valence-corrected chi connectivity index (χ1v) is 5.58. The molecule has 0 aliphatic carbocycles. The SMILES string of the molecule is CCC1(C)CNc2cc(C)cc(C)c2O1. The van der Waals surface area contributed by atoms with Gasteiger partial charge in [-0.1, -0.05) is 13.0 Å². The van der Waals surface area contributed by atoms with Crippen LogP contribution in [0.3, 0.4) is 0 Å². The summed E-state index contributed by atoms with van der Waals surface area (Å²) in [5.41, 5.74) is 3.57. The van der Waals surface area contributed by atoms with Crippen LogP contribution in [0.15, 0.2) is 12.1 Å². The number of nitrogens with one attached hydrogen (secondary N) is 1. The standard InChI is InChI=1S/C13H19NO/c1-5-13(4)8-14-11-7-9(2)6-10(3)12(11)15-13/h6-7,14H,5,8H2,1-4H3. The number of rotatable bonds is 1.